The summed E-state index contributed by atoms with van der Waals surface area (Å²) in [6.07, 6.45) is 12.6. The van der Waals surface area contributed by atoms with Crippen molar-refractivity contribution in [2.75, 3.05) is 13.2 Å². The fraction of sp³-hybridized carbons (Fsp3) is 0.421. The molecule has 45 heavy (non-hydrogen) atoms. The lowest BCUT2D eigenvalue weighted by atomic mass is 9.98. The molecule has 3 N–H and O–H groups in total. The number of aromatic nitrogens is 4. The summed E-state index contributed by atoms with van der Waals surface area (Å²) in [5, 5.41) is 8.31. The molecule has 8 rings (SSSR count). The molecule has 2 aliphatic carbocycles. The fourth-order valence-corrected chi connectivity index (χ4v) is 7.28. The summed E-state index contributed by atoms with van der Waals surface area (Å²) in [5.41, 5.74) is 7.25. The van der Waals surface area contributed by atoms with E-state index in [-0.39, 0.29) is 0 Å². The Bertz CT molecular complexity index is 1780. The fourth-order valence-electron chi connectivity index (χ4n) is 7.28. The second-order valence-electron chi connectivity index (χ2n) is 14.0. The van der Waals surface area contributed by atoms with Crippen LogP contribution in [0.4, 0.5) is 0 Å². The molecule has 2 aromatic heterocycles. The largest absolute Gasteiger partial charge is 0.341 e. The summed E-state index contributed by atoms with van der Waals surface area (Å²) in [5.74, 6) is 2.75. The molecule has 0 spiro atoms. The van der Waals surface area contributed by atoms with Gasteiger partial charge in [-0.25, -0.2) is 9.97 Å². The Kier molecular flexibility index (Phi) is 7.56. The van der Waals surface area contributed by atoms with Crippen molar-refractivity contribution in [1.29, 1.82) is 0 Å². The van der Waals surface area contributed by atoms with Crippen molar-refractivity contribution >= 4 is 10.8 Å². The van der Waals surface area contributed by atoms with Gasteiger partial charge in [0.15, 0.2) is 0 Å². The Balaban J connectivity index is 0.947. The third-order valence-electron chi connectivity index (χ3n) is 10.3. The van der Waals surface area contributed by atoms with Crippen LogP contribution < -0.4 is 5.32 Å². The molecule has 0 radical (unpaired) electrons. The van der Waals surface area contributed by atoms with Gasteiger partial charge in [-0.05, 0) is 89.5 Å². The number of imidazole rings is 2. The van der Waals surface area contributed by atoms with Gasteiger partial charge in [-0.15, -0.1) is 0 Å². The summed E-state index contributed by atoms with van der Waals surface area (Å²) < 4.78 is 0. The lowest BCUT2D eigenvalue weighted by molar-refractivity contribution is -0.177. The number of H-pyrrole nitrogens is 2. The molecule has 3 atom stereocenters. The Morgan fingerprint density at radius 2 is 1.56 bits per heavy atom. The minimum absolute atomic E-state index is 0.381. The quantitative estimate of drug-likeness (QED) is 0.0989. The van der Waals surface area contributed by atoms with Gasteiger partial charge in [-0.3, -0.25) is 4.84 Å². The summed E-state index contributed by atoms with van der Waals surface area (Å²) in [6, 6.07) is 23.3. The molecule has 3 heterocycles. The van der Waals surface area contributed by atoms with Crippen LogP contribution in [-0.2, 0) is 11.4 Å². The van der Waals surface area contributed by atoms with Crippen LogP contribution in [0.5, 0.6) is 0 Å². The van der Waals surface area contributed by atoms with Gasteiger partial charge in [-0.2, -0.15) is 5.06 Å². The summed E-state index contributed by atoms with van der Waals surface area (Å²) in [4.78, 5) is 22.8. The Labute approximate surface area is 265 Å². The van der Waals surface area contributed by atoms with E-state index >= 15 is 0 Å². The van der Waals surface area contributed by atoms with Crippen molar-refractivity contribution in [2.24, 2.45) is 11.3 Å². The number of rotatable bonds is 12. The third-order valence-corrected chi connectivity index (χ3v) is 10.3. The van der Waals surface area contributed by atoms with Gasteiger partial charge >= 0.3 is 0 Å². The molecule has 2 saturated carbocycles. The van der Waals surface area contributed by atoms with Crippen molar-refractivity contribution in [2.45, 2.75) is 77.4 Å². The van der Waals surface area contributed by atoms with E-state index < -0.39 is 0 Å². The molecule has 3 unspecified atom stereocenters. The molecular weight excluding hydrogens is 556 g/mol. The maximum atomic E-state index is 6.15. The molecule has 1 aliphatic heterocycles. The van der Waals surface area contributed by atoms with Gasteiger partial charge < -0.3 is 15.3 Å². The highest BCUT2D eigenvalue weighted by atomic mass is 16.7. The second kappa shape index (κ2) is 11.9. The molecule has 5 aromatic rings. The van der Waals surface area contributed by atoms with E-state index in [1.54, 1.807) is 0 Å². The average molecular weight is 601 g/mol. The molecule has 3 aliphatic rings. The molecule has 0 amide bonds. The first-order valence-corrected chi connectivity index (χ1v) is 16.9. The average Bonchev–Trinajstić information content (AvgIpc) is 3.63. The van der Waals surface area contributed by atoms with Crippen molar-refractivity contribution in [1.82, 2.24) is 30.3 Å². The Morgan fingerprint density at radius 3 is 2.29 bits per heavy atom. The summed E-state index contributed by atoms with van der Waals surface area (Å²) >= 11 is 0. The van der Waals surface area contributed by atoms with Crippen molar-refractivity contribution in [3.8, 4) is 33.6 Å². The molecule has 7 heteroatoms. The molecule has 3 fully saturated rings. The zero-order chi connectivity index (χ0) is 30.4. The zero-order valence-electron chi connectivity index (χ0n) is 26.5. The number of aromatic amines is 2. The van der Waals surface area contributed by atoms with Gasteiger partial charge in [0.25, 0.3) is 0 Å². The molecule has 3 aromatic carbocycles. The van der Waals surface area contributed by atoms with Gasteiger partial charge in [0.05, 0.1) is 43.0 Å². The van der Waals surface area contributed by atoms with Gasteiger partial charge in [0.1, 0.15) is 11.6 Å². The lowest BCUT2D eigenvalue weighted by Gasteiger charge is -2.24. The highest BCUT2D eigenvalue weighted by Gasteiger charge is 2.41. The van der Waals surface area contributed by atoms with Crippen LogP contribution in [0.15, 0.2) is 73.1 Å². The standard InChI is InChI=1S/C38H44N6O/c1-3-4-17-45-44(24-38(2)15-16-38)23-35-39-21-34(42-35)30-12-11-28-18-27(9-10-29(28)19-30)25-5-7-26(8-6-25)33-22-40-37(43-33)36-31-13-14-32(20-31)41-36/h5-12,18-19,21-22,31-32,36,41H,3-4,13-17,20,23-24H2,1-2H3,(H,39,42)(H,40,43). The minimum atomic E-state index is 0.381. The normalized spacial score (nSPS) is 21.7. The van der Waals surface area contributed by atoms with Gasteiger partial charge in [0.2, 0.25) is 0 Å². The number of benzene rings is 3. The molecule has 232 valence electrons. The highest BCUT2D eigenvalue weighted by molar-refractivity contribution is 5.90. The van der Waals surface area contributed by atoms with E-state index in [2.05, 4.69) is 94.9 Å². The van der Waals surface area contributed by atoms with Crippen molar-refractivity contribution in [3.05, 3.63) is 84.7 Å². The number of hydroxylamine groups is 2. The number of piperidine rings is 1. The van der Waals surface area contributed by atoms with Gasteiger partial charge in [-0.1, -0.05) is 68.8 Å². The number of fused-ring (bicyclic) bond motifs is 3. The molecule has 7 nitrogen and oxygen atoms in total. The van der Waals surface area contributed by atoms with Crippen molar-refractivity contribution in [3.63, 3.8) is 0 Å². The predicted molar refractivity (Wildman–Crippen MR) is 180 cm³/mol. The van der Waals surface area contributed by atoms with Crippen LogP contribution in [0.1, 0.15) is 76.5 Å². The lowest BCUT2D eigenvalue weighted by Crippen LogP contribution is -2.30. The topological polar surface area (TPSA) is 81.9 Å². The maximum absolute atomic E-state index is 6.15. The number of nitrogens with zero attached hydrogens (tertiary/aromatic N) is 3. The maximum Gasteiger partial charge on any atom is 0.124 e. The van der Waals surface area contributed by atoms with E-state index in [0.29, 0.717) is 24.0 Å². The van der Waals surface area contributed by atoms with Crippen LogP contribution in [0.3, 0.4) is 0 Å². The van der Waals surface area contributed by atoms with Gasteiger partial charge in [0, 0.05) is 18.2 Å². The first-order chi connectivity index (χ1) is 22.0. The van der Waals surface area contributed by atoms with Crippen LogP contribution in [0.25, 0.3) is 44.4 Å². The first-order valence-electron chi connectivity index (χ1n) is 16.9. The van der Waals surface area contributed by atoms with E-state index in [9.17, 15) is 0 Å². The van der Waals surface area contributed by atoms with E-state index in [1.807, 2.05) is 12.4 Å². The number of hydrogen-bond acceptors (Lipinski definition) is 5. The smallest absolute Gasteiger partial charge is 0.124 e. The number of nitrogens with one attached hydrogen (secondary N) is 3. The zero-order valence-corrected chi connectivity index (χ0v) is 26.5. The number of unbranched alkanes of at least 4 members (excludes halogenated alkanes) is 1. The Hall–Kier alpha value is -3.78. The summed E-state index contributed by atoms with van der Waals surface area (Å²) in [6.45, 7) is 6.94. The molecule has 1 saturated heterocycles. The van der Waals surface area contributed by atoms with E-state index in [0.717, 1.165) is 60.5 Å². The Morgan fingerprint density at radius 1 is 0.844 bits per heavy atom. The second-order valence-corrected chi connectivity index (χ2v) is 14.0. The molecule has 2 bridgehead atoms. The first kappa shape index (κ1) is 28.7. The van der Waals surface area contributed by atoms with E-state index in [4.69, 9.17) is 14.8 Å². The monoisotopic (exact) mass is 600 g/mol. The van der Waals surface area contributed by atoms with E-state index in [1.165, 1.54) is 59.6 Å². The summed E-state index contributed by atoms with van der Waals surface area (Å²) in [7, 11) is 0. The van der Waals surface area contributed by atoms with Crippen molar-refractivity contribution < 1.29 is 4.84 Å². The van der Waals surface area contributed by atoms with Crippen LogP contribution in [0, 0.1) is 11.3 Å². The highest BCUT2D eigenvalue weighted by Crippen LogP contribution is 2.46. The van der Waals surface area contributed by atoms with Crippen LogP contribution in [0.2, 0.25) is 0 Å². The predicted octanol–water partition coefficient (Wildman–Crippen LogP) is 8.43. The SMILES string of the molecule is CCCCON(Cc1ncc(-c2ccc3cc(-c4ccc(-c5cnc(C6NC7CCC6C7)[nH]5)cc4)ccc3c2)[nH]1)CC1(C)CC1. The minimum Gasteiger partial charge on any atom is -0.341 e. The molecular formula is C38H44N6O. The third kappa shape index (κ3) is 6.09. The van der Waals surface area contributed by atoms with Crippen LogP contribution >= 0.6 is 0 Å². The number of hydrogen-bond donors (Lipinski definition) is 3. The van der Waals surface area contributed by atoms with Crippen LogP contribution in [-0.4, -0.2) is 44.2 Å².